The third-order valence-electron chi connectivity index (χ3n) is 0.986. The van der Waals surface area contributed by atoms with E-state index >= 15 is 0 Å². The molecule has 0 bridgehead atoms. The van der Waals surface area contributed by atoms with Crippen molar-refractivity contribution in [1.82, 2.24) is 0 Å². The van der Waals surface area contributed by atoms with Crippen LogP contribution in [0, 0.1) is 5.92 Å². The van der Waals surface area contributed by atoms with E-state index in [1.54, 1.807) is 0 Å². The molecule has 0 rings (SSSR count). The van der Waals surface area contributed by atoms with Crippen LogP contribution in [-0.2, 0) is 0 Å². The average Bonchev–Trinajstić information content (AvgIpc) is 1.61. The summed E-state index contributed by atoms with van der Waals surface area (Å²) < 4.78 is 0. The predicted octanol–water partition coefficient (Wildman–Crippen LogP) is 2.85. The molecule has 0 N–H and O–H groups in total. The number of hydrogen-bond acceptors (Lipinski definition) is 0. The fourth-order valence-electron chi connectivity index (χ4n) is 0.526. The molecule has 56 valence electrons. The fraction of sp³-hybridized carbons (Fsp3) is 1.00. The topological polar surface area (TPSA) is 0 Å². The van der Waals surface area contributed by atoms with Gasteiger partial charge in [-0.3, -0.25) is 0 Å². The van der Waals surface area contributed by atoms with E-state index in [1.165, 1.54) is 18.1 Å². The molecule has 0 atom stereocenters. The van der Waals surface area contributed by atoms with Gasteiger partial charge in [-0.15, -0.1) is 30.1 Å². The summed E-state index contributed by atoms with van der Waals surface area (Å²) in [4.78, 5) is 0. The zero-order chi connectivity index (χ0) is 5.70. The van der Waals surface area contributed by atoms with E-state index in [4.69, 9.17) is 0 Å². The summed E-state index contributed by atoms with van der Waals surface area (Å²) in [6.07, 6.45) is 2.74. The molecule has 0 fully saturated rings. The van der Waals surface area contributed by atoms with Crippen molar-refractivity contribution in [3.05, 3.63) is 0 Å². The molecule has 0 amide bonds. The number of hydrogen-bond donors (Lipinski definition) is 0. The minimum atomic E-state index is 0. The van der Waals surface area contributed by atoms with Crippen LogP contribution in [0.1, 0.15) is 26.7 Å². The summed E-state index contributed by atoms with van der Waals surface area (Å²) in [5.74, 6) is 0.889. The second-order valence-corrected chi connectivity index (χ2v) is 2.90. The van der Waals surface area contributed by atoms with Crippen LogP contribution in [0.3, 0.4) is 0 Å². The van der Waals surface area contributed by atoms with Gasteiger partial charge >= 0.3 is 0 Å². The van der Waals surface area contributed by atoms with Gasteiger partial charge in [0.25, 0.3) is 0 Å². The molecule has 2 radical (unpaired) electrons. The number of halogens is 2. The van der Waals surface area contributed by atoms with Gasteiger partial charge in [0.2, 0.25) is 0 Å². The molecule has 0 nitrogen and oxygen atoms in total. The van der Waals surface area contributed by atoms with Crippen LogP contribution >= 0.6 is 24.8 Å². The molecule has 0 saturated heterocycles. The first kappa shape index (κ1) is 16.6. The van der Waals surface area contributed by atoms with E-state index in [0.29, 0.717) is 0 Å². The van der Waals surface area contributed by atoms with E-state index < -0.39 is 0 Å². The lowest BCUT2D eigenvalue weighted by atomic mass is 10.1. The molecule has 0 unspecified atom stereocenters. The van der Waals surface area contributed by atoms with Crippen molar-refractivity contribution in [3.63, 3.8) is 0 Å². The molecule has 0 aliphatic carbocycles. The summed E-state index contributed by atoms with van der Waals surface area (Å²) in [5.41, 5.74) is 0. The van der Waals surface area contributed by atoms with Gasteiger partial charge in [-0.1, -0.05) is 26.7 Å². The van der Waals surface area contributed by atoms with Crippen LogP contribution in [0.4, 0.5) is 0 Å². The first-order valence-corrected chi connectivity index (χ1v) is 3.79. The number of rotatable bonds is 3. The van der Waals surface area contributed by atoms with Gasteiger partial charge in [-0.2, -0.15) is 0 Å². The first-order valence-electron chi connectivity index (χ1n) is 2.97. The molecule has 0 aliphatic heterocycles. The lowest BCUT2D eigenvalue weighted by Gasteiger charge is -1.99. The van der Waals surface area contributed by atoms with Crippen molar-refractivity contribution >= 4 is 41.1 Å². The van der Waals surface area contributed by atoms with Crippen molar-refractivity contribution in [2.75, 3.05) is 0 Å². The van der Waals surface area contributed by atoms with Crippen molar-refractivity contribution in [2.24, 2.45) is 5.92 Å². The molecule has 0 spiro atoms. The molecule has 3 heteroatoms. The van der Waals surface area contributed by atoms with Gasteiger partial charge in [0, 0.05) is 0 Å². The Kier molecular flexibility index (Phi) is 21.9. The molecule has 0 aromatic carbocycles. The second-order valence-electron chi connectivity index (χ2n) is 2.32. The van der Waals surface area contributed by atoms with E-state index in [9.17, 15) is 0 Å². The highest BCUT2D eigenvalue weighted by Gasteiger charge is 1.88. The normalized spacial score (nSPS) is 7.89. The van der Waals surface area contributed by atoms with Crippen molar-refractivity contribution < 1.29 is 0 Å². The minimum absolute atomic E-state index is 0. The zero-order valence-corrected chi connectivity index (χ0v) is 8.88. The molecule has 0 heterocycles. The molecule has 9 heavy (non-hydrogen) atoms. The van der Waals surface area contributed by atoms with E-state index in [1.807, 2.05) is 0 Å². The van der Waals surface area contributed by atoms with Crippen LogP contribution in [0.25, 0.3) is 0 Å². The Morgan fingerprint density at radius 3 is 1.78 bits per heavy atom. The first-order chi connectivity index (χ1) is 3.27. The second kappa shape index (κ2) is 11.9. The van der Waals surface area contributed by atoms with Gasteiger partial charge in [-0.05, 0) is 5.92 Å². The summed E-state index contributed by atoms with van der Waals surface area (Å²) >= 11 is 2.74. The van der Waals surface area contributed by atoms with E-state index in [0.717, 1.165) is 5.92 Å². The minimum Gasteiger partial charge on any atom is -0.147 e. The van der Waals surface area contributed by atoms with E-state index in [2.05, 4.69) is 30.1 Å². The Morgan fingerprint density at radius 2 is 1.67 bits per heavy atom. The third kappa shape index (κ3) is 17.6. The van der Waals surface area contributed by atoms with Gasteiger partial charge in [0.15, 0.2) is 0 Å². The fourth-order valence-corrected chi connectivity index (χ4v) is 0.762. The van der Waals surface area contributed by atoms with Crippen LogP contribution < -0.4 is 0 Å². The quantitative estimate of drug-likeness (QED) is 0.593. The maximum Gasteiger partial charge on any atom is 0.118 e. The smallest absolute Gasteiger partial charge is 0.118 e. The van der Waals surface area contributed by atoms with Crippen LogP contribution in [0.15, 0.2) is 0 Å². The lowest BCUT2D eigenvalue weighted by Crippen LogP contribution is -1.84. The summed E-state index contributed by atoms with van der Waals surface area (Å²) in [7, 11) is 0. The molecule has 0 aromatic rings. The van der Waals surface area contributed by atoms with Crippen LogP contribution in [0.2, 0.25) is 5.28 Å². The van der Waals surface area contributed by atoms with Crippen LogP contribution in [0.5, 0.6) is 0 Å². The molecule has 0 aliphatic rings. The Morgan fingerprint density at radius 1 is 1.22 bits per heavy atom. The van der Waals surface area contributed by atoms with Crippen molar-refractivity contribution in [3.8, 4) is 0 Å². The van der Waals surface area contributed by atoms with Gasteiger partial charge < -0.3 is 0 Å². The monoisotopic (exact) mass is 184 g/mol. The Bertz CT molecular complexity index is 40.0. The Balaban J connectivity index is -0.000000180. The predicted molar refractivity (Wildman–Crippen MR) is 49.1 cm³/mol. The highest BCUT2D eigenvalue weighted by Crippen LogP contribution is 2.03. The maximum absolute atomic E-state index is 2.74. The largest absolute Gasteiger partial charge is 0.147 e. The highest BCUT2D eigenvalue weighted by atomic mass is 35.5. The van der Waals surface area contributed by atoms with Crippen molar-refractivity contribution in [1.29, 1.82) is 0 Å². The summed E-state index contributed by atoms with van der Waals surface area (Å²) in [6.45, 7) is 4.53. The highest BCUT2D eigenvalue weighted by molar-refractivity contribution is 6.08. The Hall–Kier alpha value is 1.11. The van der Waals surface area contributed by atoms with E-state index in [-0.39, 0.29) is 24.8 Å². The third-order valence-corrected chi connectivity index (χ3v) is 1.39. The van der Waals surface area contributed by atoms with Gasteiger partial charge in [0.05, 0.1) is 0 Å². The molecule has 0 aromatic heterocycles. The van der Waals surface area contributed by atoms with Gasteiger partial charge in [0.1, 0.15) is 16.3 Å². The summed E-state index contributed by atoms with van der Waals surface area (Å²) in [6, 6.07) is 0. The SMILES string of the molecule is CC(C)CC[CH2][Al].Cl.Cl. The average molecular weight is 185 g/mol. The van der Waals surface area contributed by atoms with Crippen LogP contribution in [-0.4, -0.2) is 16.3 Å². The Labute approximate surface area is 79.0 Å². The maximum atomic E-state index is 2.74. The zero-order valence-electron chi connectivity index (χ0n) is 6.09. The van der Waals surface area contributed by atoms with Crippen molar-refractivity contribution in [2.45, 2.75) is 32.0 Å². The lowest BCUT2D eigenvalue weighted by molar-refractivity contribution is 0.576. The molecule has 0 saturated carbocycles. The standard InChI is InChI=1S/C6H13.Al.2ClH/c1-4-5-6(2)3;;;/h6H,1,4-5H2,2-3H3;;2*1H. The molecular formula is C6H15AlCl2. The summed E-state index contributed by atoms with van der Waals surface area (Å²) in [5, 5.41) is 1.26. The van der Waals surface area contributed by atoms with Gasteiger partial charge in [-0.25, -0.2) is 0 Å². The molecular weight excluding hydrogens is 170 g/mol.